The van der Waals surface area contributed by atoms with Crippen LogP contribution in [-0.4, -0.2) is 36.2 Å². The molecule has 0 aliphatic heterocycles. The van der Waals surface area contributed by atoms with Gasteiger partial charge in [0, 0.05) is 31.6 Å². The average molecular weight is 437 g/mol. The van der Waals surface area contributed by atoms with Gasteiger partial charge in [0.25, 0.3) is 5.91 Å². The minimum atomic E-state index is -2.66. The van der Waals surface area contributed by atoms with Gasteiger partial charge in [-0.2, -0.15) is 10.2 Å². The molecule has 10 heteroatoms. The Bertz CT molecular complexity index is 1030. The lowest BCUT2D eigenvalue weighted by Crippen LogP contribution is -2.38. The monoisotopic (exact) mass is 436 g/mol. The maximum atomic E-state index is 13.7. The number of rotatable bonds is 5. The molecule has 1 aliphatic rings. The number of aromatic nitrogens is 5. The summed E-state index contributed by atoms with van der Waals surface area (Å²) in [5.41, 5.74) is 2.19. The highest BCUT2D eigenvalue weighted by Gasteiger charge is 2.39. The van der Waals surface area contributed by atoms with Crippen LogP contribution in [0.25, 0.3) is 5.65 Å². The van der Waals surface area contributed by atoms with Crippen LogP contribution in [0.5, 0.6) is 0 Å². The molecule has 3 aromatic rings. The van der Waals surface area contributed by atoms with E-state index in [-0.39, 0.29) is 24.7 Å². The quantitative estimate of drug-likeness (QED) is 0.650. The van der Waals surface area contributed by atoms with E-state index >= 15 is 0 Å². The summed E-state index contributed by atoms with van der Waals surface area (Å²) in [4.78, 5) is 17.6. The third-order valence-electron chi connectivity index (χ3n) is 5.68. The molecular formula is C20H23ClF2N6O. The van der Waals surface area contributed by atoms with Crippen LogP contribution in [0.15, 0.2) is 24.5 Å². The standard InChI is InChI=1S/C20H23ClF2N6O/c1-3-28-16(6-9-24-28)19(30)26-18(13-4-7-20(22,23)8-5-13)15-11-29-17(25-15)10-14(21)12(2)27-29/h6,9-11,13,18H,3-5,7-8H2,1-2H3,(H,26,30). The lowest BCUT2D eigenvalue weighted by atomic mass is 9.81. The number of hydrogen-bond donors (Lipinski definition) is 1. The van der Waals surface area contributed by atoms with Gasteiger partial charge in [-0.3, -0.25) is 9.48 Å². The molecule has 0 spiro atoms. The first-order chi connectivity index (χ1) is 14.3. The van der Waals surface area contributed by atoms with E-state index in [2.05, 4.69) is 20.5 Å². The van der Waals surface area contributed by atoms with Crippen molar-refractivity contribution < 1.29 is 13.6 Å². The third kappa shape index (κ3) is 4.03. The molecule has 0 saturated heterocycles. The fourth-order valence-electron chi connectivity index (χ4n) is 3.98. The zero-order valence-electron chi connectivity index (χ0n) is 16.8. The average Bonchev–Trinajstić information content (AvgIpc) is 3.33. The van der Waals surface area contributed by atoms with E-state index in [0.29, 0.717) is 47.1 Å². The second-order valence-electron chi connectivity index (χ2n) is 7.72. The van der Waals surface area contributed by atoms with Gasteiger partial charge < -0.3 is 5.32 Å². The minimum absolute atomic E-state index is 0.159. The Morgan fingerprint density at radius 1 is 1.40 bits per heavy atom. The van der Waals surface area contributed by atoms with Crippen LogP contribution < -0.4 is 5.32 Å². The SMILES string of the molecule is CCn1nccc1C(=O)NC(c1cn2nc(C)c(Cl)cc2n1)C1CCC(F)(F)CC1. The summed E-state index contributed by atoms with van der Waals surface area (Å²) in [5, 5.41) is 12.0. The Morgan fingerprint density at radius 2 is 2.13 bits per heavy atom. The first kappa shape index (κ1) is 20.7. The fourth-order valence-corrected chi connectivity index (χ4v) is 4.12. The van der Waals surface area contributed by atoms with E-state index in [1.807, 2.05) is 6.92 Å². The van der Waals surface area contributed by atoms with Crippen LogP contribution in [0, 0.1) is 12.8 Å². The van der Waals surface area contributed by atoms with E-state index in [4.69, 9.17) is 11.6 Å². The van der Waals surface area contributed by atoms with E-state index < -0.39 is 12.0 Å². The van der Waals surface area contributed by atoms with E-state index in [1.54, 1.807) is 40.6 Å². The second-order valence-corrected chi connectivity index (χ2v) is 8.13. The molecule has 0 bridgehead atoms. The first-order valence-corrected chi connectivity index (χ1v) is 10.4. The van der Waals surface area contributed by atoms with Crippen LogP contribution in [0.1, 0.15) is 60.5 Å². The minimum Gasteiger partial charge on any atom is -0.342 e. The number of halogens is 3. The van der Waals surface area contributed by atoms with Crippen molar-refractivity contribution in [1.29, 1.82) is 0 Å². The molecule has 3 heterocycles. The first-order valence-electron chi connectivity index (χ1n) is 10.0. The van der Waals surface area contributed by atoms with Gasteiger partial charge in [-0.05, 0) is 38.7 Å². The van der Waals surface area contributed by atoms with Crippen molar-refractivity contribution in [2.75, 3.05) is 0 Å². The fraction of sp³-hybridized carbons (Fsp3) is 0.500. The maximum absolute atomic E-state index is 13.7. The molecule has 7 nitrogen and oxygen atoms in total. The highest BCUT2D eigenvalue weighted by atomic mass is 35.5. The lowest BCUT2D eigenvalue weighted by Gasteiger charge is -2.33. The molecule has 4 rings (SSSR count). The molecule has 0 aromatic carbocycles. The molecule has 1 aliphatic carbocycles. The Morgan fingerprint density at radius 3 is 2.83 bits per heavy atom. The third-order valence-corrected chi connectivity index (χ3v) is 6.06. The predicted molar refractivity (Wildman–Crippen MR) is 108 cm³/mol. The number of nitrogens with one attached hydrogen (secondary N) is 1. The van der Waals surface area contributed by atoms with Gasteiger partial charge in [0.05, 0.1) is 28.6 Å². The Labute approximate surface area is 177 Å². The molecule has 1 saturated carbocycles. The van der Waals surface area contributed by atoms with Crippen molar-refractivity contribution in [2.24, 2.45) is 5.92 Å². The Balaban J connectivity index is 1.68. The Hall–Kier alpha value is -2.55. The molecule has 160 valence electrons. The van der Waals surface area contributed by atoms with Gasteiger partial charge in [-0.15, -0.1) is 0 Å². The van der Waals surface area contributed by atoms with Crippen LogP contribution in [-0.2, 0) is 6.54 Å². The highest BCUT2D eigenvalue weighted by Crippen LogP contribution is 2.41. The number of alkyl halides is 2. The van der Waals surface area contributed by atoms with Crippen molar-refractivity contribution in [2.45, 2.75) is 58.0 Å². The molecule has 0 radical (unpaired) electrons. The van der Waals surface area contributed by atoms with Crippen LogP contribution >= 0.6 is 11.6 Å². The van der Waals surface area contributed by atoms with Crippen molar-refractivity contribution >= 4 is 23.2 Å². The van der Waals surface area contributed by atoms with Gasteiger partial charge in [0.1, 0.15) is 5.69 Å². The molecular weight excluding hydrogens is 414 g/mol. The maximum Gasteiger partial charge on any atom is 0.270 e. The van der Waals surface area contributed by atoms with Gasteiger partial charge in [0.2, 0.25) is 5.92 Å². The number of fused-ring (bicyclic) bond motifs is 1. The van der Waals surface area contributed by atoms with E-state index in [0.717, 1.165) is 0 Å². The largest absolute Gasteiger partial charge is 0.342 e. The summed E-state index contributed by atoms with van der Waals surface area (Å²) in [6.07, 6.45) is 3.49. The summed E-state index contributed by atoms with van der Waals surface area (Å²) in [6.45, 7) is 4.23. The van der Waals surface area contributed by atoms with Crippen LogP contribution in [0.2, 0.25) is 5.02 Å². The van der Waals surface area contributed by atoms with Crippen molar-refractivity contribution in [3.8, 4) is 0 Å². The van der Waals surface area contributed by atoms with Crippen molar-refractivity contribution in [3.63, 3.8) is 0 Å². The summed E-state index contributed by atoms with van der Waals surface area (Å²) in [6, 6.07) is 2.82. The number of aryl methyl sites for hydroxylation is 2. The van der Waals surface area contributed by atoms with E-state index in [9.17, 15) is 13.6 Å². The number of hydrogen-bond acceptors (Lipinski definition) is 4. The van der Waals surface area contributed by atoms with Gasteiger partial charge in [-0.1, -0.05) is 11.6 Å². The normalized spacial score (nSPS) is 17.9. The van der Waals surface area contributed by atoms with Gasteiger partial charge in [0.15, 0.2) is 5.65 Å². The van der Waals surface area contributed by atoms with Crippen molar-refractivity contribution in [1.82, 2.24) is 29.7 Å². The summed E-state index contributed by atoms with van der Waals surface area (Å²) < 4.78 is 30.7. The van der Waals surface area contributed by atoms with E-state index in [1.165, 1.54) is 0 Å². The number of carbonyl (C=O) groups is 1. The molecule has 1 unspecified atom stereocenters. The molecule has 3 aromatic heterocycles. The smallest absolute Gasteiger partial charge is 0.270 e. The Kier molecular flexibility index (Phi) is 5.48. The predicted octanol–water partition coefficient (Wildman–Crippen LogP) is 4.20. The second kappa shape index (κ2) is 7.94. The summed E-state index contributed by atoms with van der Waals surface area (Å²) >= 11 is 6.16. The summed E-state index contributed by atoms with van der Waals surface area (Å²) in [5.74, 6) is -3.12. The molecule has 1 atom stereocenters. The number of amides is 1. The highest BCUT2D eigenvalue weighted by molar-refractivity contribution is 6.31. The number of carbonyl (C=O) groups excluding carboxylic acids is 1. The lowest BCUT2D eigenvalue weighted by molar-refractivity contribution is -0.0495. The number of nitrogens with zero attached hydrogens (tertiary/aromatic N) is 5. The van der Waals surface area contributed by atoms with Gasteiger partial charge in [-0.25, -0.2) is 18.3 Å². The molecule has 1 N–H and O–H groups in total. The van der Waals surface area contributed by atoms with Gasteiger partial charge >= 0.3 is 0 Å². The number of imidazole rings is 1. The summed E-state index contributed by atoms with van der Waals surface area (Å²) in [7, 11) is 0. The van der Waals surface area contributed by atoms with Crippen LogP contribution in [0.4, 0.5) is 8.78 Å². The zero-order valence-corrected chi connectivity index (χ0v) is 17.5. The molecule has 1 fully saturated rings. The van der Waals surface area contributed by atoms with Crippen molar-refractivity contribution in [3.05, 3.63) is 46.6 Å². The topological polar surface area (TPSA) is 77.1 Å². The zero-order chi connectivity index (χ0) is 21.5. The molecule has 30 heavy (non-hydrogen) atoms. The molecule has 1 amide bonds. The van der Waals surface area contributed by atoms with Crippen LogP contribution in [0.3, 0.4) is 0 Å².